The summed E-state index contributed by atoms with van der Waals surface area (Å²) in [6.07, 6.45) is 0. The van der Waals surface area contributed by atoms with Gasteiger partial charge in [-0.25, -0.2) is 0 Å². The molecule has 1 aliphatic rings. The van der Waals surface area contributed by atoms with Gasteiger partial charge >= 0.3 is 0 Å². The van der Waals surface area contributed by atoms with Gasteiger partial charge in [0.05, 0.1) is 25.3 Å². The predicted octanol–water partition coefficient (Wildman–Crippen LogP) is 6.28. The molecule has 0 aliphatic carbocycles. The van der Waals surface area contributed by atoms with Gasteiger partial charge in [0.2, 0.25) is 5.78 Å². The first-order chi connectivity index (χ1) is 17.4. The Morgan fingerprint density at radius 2 is 1.81 bits per heavy atom. The monoisotopic (exact) mass is 503 g/mol. The molecular weight excluding hydrogens is 482 g/mol. The van der Waals surface area contributed by atoms with E-state index in [1.165, 1.54) is 18.1 Å². The molecule has 1 aromatic heterocycles. The van der Waals surface area contributed by atoms with E-state index in [2.05, 4.69) is 0 Å². The number of carbonyl (C=O) groups is 2. The summed E-state index contributed by atoms with van der Waals surface area (Å²) in [5.41, 5.74) is 1.42. The molecule has 0 saturated carbocycles. The number of benzene rings is 3. The fourth-order valence-corrected chi connectivity index (χ4v) is 4.62. The van der Waals surface area contributed by atoms with Gasteiger partial charge in [0.15, 0.2) is 22.9 Å². The molecule has 8 heteroatoms. The number of anilines is 1. The van der Waals surface area contributed by atoms with Crippen molar-refractivity contribution in [1.82, 2.24) is 0 Å². The maximum absolute atomic E-state index is 13.8. The van der Waals surface area contributed by atoms with Crippen LogP contribution in [0.15, 0.2) is 88.5 Å². The fourth-order valence-electron chi connectivity index (χ4n) is 4.41. The molecule has 0 spiro atoms. The molecule has 7 nitrogen and oxygen atoms in total. The number of hydrogen-bond acceptors (Lipinski definition) is 6. The summed E-state index contributed by atoms with van der Waals surface area (Å²) >= 11 is 6.17. The standard InChI is InChI=1S/C28H22ClNO6/c1-3-35-20-11-9-19(10-12-20)30-24(16-7-5-4-6-8-16)23(26(32)28(30)33)25(31)21-14-17-13-18(29)15-22(34-2)27(17)36-21/h4-15,24,32H,3H2,1-2H3. The number of hydrogen-bond donors (Lipinski definition) is 1. The van der Waals surface area contributed by atoms with Crippen molar-refractivity contribution in [3.8, 4) is 11.5 Å². The fraction of sp³-hybridized carbons (Fsp3) is 0.143. The minimum atomic E-state index is -0.872. The average molecular weight is 504 g/mol. The van der Waals surface area contributed by atoms with Crippen LogP contribution in [0.5, 0.6) is 11.5 Å². The van der Waals surface area contributed by atoms with E-state index in [9.17, 15) is 14.7 Å². The highest BCUT2D eigenvalue weighted by Crippen LogP contribution is 2.43. The first-order valence-corrected chi connectivity index (χ1v) is 11.7. The van der Waals surface area contributed by atoms with Crippen LogP contribution in [0.4, 0.5) is 5.69 Å². The summed E-state index contributed by atoms with van der Waals surface area (Å²) in [4.78, 5) is 28.5. The summed E-state index contributed by atoms with van der Waals surface area (Å²) in [5, 5.41) is 11.9. The zero-order valence-electron chi connectivity index (χ0n) is 19.5. The third-order valence-electron chi connectivity index (χ3n) is 5.98. The zero-order valence-corrected chi connectivity index (χ0v) is 20.3. The molecule has 0 fully saturated rings. The van der Waals surface area contributed by atoms with E-state index in [1.54, 1.807) is 48.5 Å². The number of methoxy groups -OCH3 is 1. The molecule has 182 valence electrons. The van der Waals surface area contributed by atoms with E-state index in [-0.39, 0.29) is 11.3 Å². The Kier molecular flexibility index (Phi) is 6.16. The number of ether oxygens (including phenoxy) is 2. The highest BCUT2D eigenvalue weighted by atomic mass is 35.5. The van der Waals surface area contributed by atoms with Gasteiger partial charge in [-0.1, -0.05) is 41.9 Å². The van der Waals surface area contributed by atoms with Crippen molar-refractivity contribution in [2.24, 2.45) is 0 Å². The largest absolute Gasteiger partial charge is 0.503 e. The molecule has 1 atom stereocenters. The third kappa shape index (κ3) is 3.97. The summed E-state index contributed by atoms with van der Waals surface area (Å²) in [7, 11) is 1.47. The molecule has 1 unspecified atom stereocenters. The second kappa shape index (κ2) is 9.43. The molecule has 3 aromatic carbocycles. The first-order valence-electron chi connectivity index (χ1n) is 11.3. The van der Waals surface area contributed by atoms with E-state index in [1.807, 2.05) is 25.1 Å². The molecule has 4 aromatic rings. The van der Waals surface area contributed by atoms with E-state index in [4.69, 9.17) is 25.5 Å². The van der Waals surface area contributed by atoms with Crippen LogP contribution in [0.25, 0.3) is 11.0 Å². The van der Waals surface area contributed by atoms with Crippen molar-refractivity contribution in [3.63, 3.8) is 0 Å². The van der Waals surface area contributed by atoms with Crippen LogP contribution < -0.4 is 14.4 Å². The number of Topliss-reactive ketones (excluding diaryl/α,β-unsaturated/α-hetero) is 1. The Morgan fingerprint density at radius 3 is 2.47 bits per heavy atom. The van der Waals surface area contributed by atoms with Crippen molar-refractivity contribution < 1.29 is 28.6 Å². The second-order valence-electron chi connectivity index (χ2n) is 8.14. The van der Waals surface area contributed by atoms with Crippen LogP contribution >= 0.6 is 11.6 Å². The van der Waals surface area contributed by atoms with E-state index >= 15 is 0 Å². The maximum Gasteiger partial charge on any atom is 0.294 e. The lowest BCUT2D eigenvalue weighted by Crippen LogP contribution is -2.31. The molecule has 1 aliphatic heterocycles. The summed E-state index contributed by atoms with van der Waals surface area (Å²) in [6, 6.07) is 19.8. The van der Waals surface area contributed by atoms with Crippen molar-refractivity contribution in [3.05, 3.63) is 100 Å². The quantitative estimate of drug-likeness (QED) is 0.299. The molecule has 0 radical (unpaired) electrons. The number of halogens is 1. The number of rotatable bonds is 7. The smallest absolute Gasteiger partial charge is 0.294 e. The van der Waals surface area contributed by atoms with E-state index < -0.39 is 23.5 Å². The van der Waals surface area contributed by atoms with Gasteiger partial charge in [-0.2, -0.15) is 0 Å². The second-order valence-corrected chi connectivity index (χ2v) is 8.58. The Balaban J connectivity index is 1.62. The van der Waals surface area contributed by atoms with Gasteiger partial charge in [0.1, 0.15) is 5.75 Å². The lowest BCUT2D eigenvalue weighted by Gasteiger charge is -2.27. The maximum atomic E-state index is 13.8. The lowest BCUT2D eigenvalue weighted by atomic mass is 9.95. The van der Waals surface area contributed by atoms with E-state index in [0.717, 1.165) is 0 Å². The van der Waals surface area contributed by atoms with Gasteiger partial charge in [0, 0.05) is 22.2 Å². The average Bonchev–Trinajstić information content (AvgIpc) is 3.43. The number of fused-ring (bicyclic) bond motifs is 1. The first kappa shape index (κ1) is 23.5. The predicted molar refractivity (Wildman–Crippen MR) is 136 cm³/mol. The molecule has 0 saturated heterocycles. The van der Waals surface area contributed by atoms with Gasteiger partial charge in [-0.15, -0.1) is 0 Å². The van der Waals surface area contributed by atoms with E-state index in [0.29, 0.717) is 45.3 Å². The Bertz CT molecular complexity index is 1490. The molecule has 1 N–H and O–H groups in total. The van der Waals surface area contributed by atoms with Crippen molar-refractivity contribution in [2.75, 3.05) is 18.6 Å². The van der Waals surface area contributed by atoms with Gasteiger partial charge in [0.25, 0.3) is 5.91 Å². The summed E-state index contributed by atoms with van der Waals surface area (Å²) < 4.78 is 16.7. The van der Waals surface area contributed by atoms with Gasteiger partial charge < -0.3 is 19.0 Å². The third-order valence-corrected chi connectivity index (χ3v) is 6.20. The molecule has 5 rings (SSSR count). The number of aliphatic hydroxyl groups is 1. The Labute approximate surface area is 212 Å². The van der Waals surface area contributed by atoms with Crippen LogP contribution in [0.2, 0.25) is 5.02 Å². The highest BCUT2D eigenvalue weighted by molar-refractivity contribution is 6.31. The molecule has 1 amide bonds. The Hall–Kier alpha value is -4.23. The molecule has 0 bridgehead atoms. The number of amides is 1. The van der Waals surface area contributed by atoms with Gasteiger partial charge in [-0.3, -0.25) is 14.5 Å². The summed E-state index contributed by atoms with van der Waals surface area (Å²) in [5.74, 6) is -0.964. The molecule has 2 heterocycles. The minimum Gasteiger partial charge on any atom is -0.503 e. The number of nitrogens with zero attached hydrogens (tertiary/aromatic N) is 1. The number of furan rings is 1. The Morgan fingerprint density at radius 1 is 1.08 bits per heavy atom. The van der Waals surface area contributed by atoms with Crippen LogP contribution in [0.1, 0.15) is 29.1 Å². The zero-order chi connectivity index (χ0) is 25.4. The number of carbonyl (C=O) groups excluding carboxylic acids is 2. The SMILES string of the molecule is CCOc1ccc(N2C(=O)C(O)=C(C(=O)c3cc4cc(Cl)cc(OC)c4o3)C2c2ccccc2)cc1. The van der Waals surface area contributed by atoms with Crippen LogP contribution in [-0.4, -0.2) is 30.5 Å². The lowest BCUT2D eigenvalue weighted by molar-refractivity contribution is -0.117. The molecular formula is C28H22ClNO6. The van der Waals surface area contributed by atoms with Gasteiger partial charge in [-0.05, 0) is 48.9 Å². The normalized spacial score (nSPS) is 15.6. The van der Waals surface area contributed by atoms with Crippen molar-refractivity contribution in [1.29, 1.82) is 0 Å². The topological polar surface area (TPSA) is 89.2 Å². The van der Waals surface area contributed by atoms with Crippen LogP contribution in [-0.2, 0) is 4.79 Å². The summed E-state index contributed by atoms with van der Waals surface area (Å²) in [6.45, 7) is 2.38. The molecule has 36 heavy (non-hydrogen) atoms. The van der Waals surface area contributed by atoms with Crippen LogP contribution in [0, 0.1) is 0 Å². The van der Waals surface area contributed by atoms with Crippen molar-refractivity contribution >= 4 is 39.9 Å². The highest BCUT2D eigenvalue weighted by Gasteiger charge is 2.45. The van der Waals surface area contributed by atoms with Crippen LogP contribution in [0.3, 0.4) is 0 Å². The van der Waals surface area contributed by atoms with Crippen molar-refractivity contribution in [2.45, 2.75) is 13.0 Å². The number of ketones is 1. The number of aliphatic hydroxyl groups excluding tert-OH is 1. The minimum absolute atomic E-state index is 0.0469.